The predicted octanol–water partition coefficient (Wildman–Crippen LogP) is 2.69. The van der Waals surface area contributed by atoms with E-state index in [2.05, 4.69) is 24.3 Å². The van der Waals surface area contributed by atoms with E-state index >= 15 is 0 Å². The molecule has 106 valence electrons. The summed E-state index contributed by atoms with van der Waals surface area (Å²) in [5.41, 5.74) is 8.91. The number of nitrogens with two attached hydrogens (primary N) is 1. The second-order valence-electron chi connectivity index (χ2n) is 5.20. The molecule has 0 aliphatic carbocycles. The molecule has 0 unspecified atom stereocenters. The maximum atomic E-state index is 12.2. The van der Waals surface area contributed by atoms with Gasteiger partial charge >= 0.3 is 0 Å². The number of carbonyl (C=O) groups is 1. The molecule has 1 aromatic carbocycles. The van der Waals surface area contributed by atoms with Crippen LogP contribution in [0.25, 0.3) is 0 Å². The van der Waals surface area contributed by atoms with Gasteiger partial charge in [0.05, 0.1) is 11.4 Å². The number of aryl methyl sites for hydroxylation is 2. The monoisotopic (exact) mass is 272 g/mol. The van der Waals surface area contributed by atoms with E-state index in [1.165, 1.54) is 5.56 Å². The van der Waals surface area contributed by atoms with Crippen LogP contribution in [0.2, 0.25) is 0 Å². The van der Waals surface area contributed by atoms with E-state index in [-0.39, 0.29) is 5.91 Å². The number of anilines is 2. The van der Waals surface area contributed by atoms with Crippen LogP contribution < -0.4 is 11.1 Å². The van der Waals surface area contributed by atoms with Crippen LogP contribution in [0.1, 0.15) is 41.4 Å². The van der Waals surface area contributed by atoms with Crippen LogP contribution >= 0.6 is 0 Å². The second kappa shape index (κ2) is 5.36. The van der Waals surface area contributed by atoms with Gasteiger partial charge in [0.25, 0.3) is 5.91 Å². The van der Waals surface area contributed by atoms with Crippen molar-refractivity contribution in [1.82, 2.24) is 9.78 Å². The zero-order valence-corrected chi connectivity index (χ0v) is 12.3. The van der Waals surface area contributed by atoms with Crippen molar-refractivity contribution in [2.24, 2.45) is 7.05 Å². The molecular weight excluding hydrogens is 252 g/mol. The first-order valence-electron chi connectivity index (χ1n) is 6.60. The van der Waals surface area contributed by atoms with Gasteiger partial charge in [-0.3, -0.25) is 9.48 Å². The van der Waals surface area contributed by atoms with Crippen molar-refractivity contribution in [3.8, 4) is 0 Å². The van der Waals surface area contributed by atoms with Gasteiger partial charge in [0.2, 0.25) is 0 Å². The van der Waals surface area contributed by atoms with Gasteiger partial charge in [0, 0.05) is 12.6 Å². The normalized spacial score (nSPS) is 10.8. The Bertz CT molecular complexity index is 626. The number of nitrogens with zero attached hydrogens (tertiary/aromatic N) is 2. The molecule has 0 bridgehead atoms. The van der Waals surface area contributed by atoms with Crippen molar-refractivity contribution in [1.29, 1.82) is 0 Å². The Hall–Kier alpha value is -2.30. The average molecular weight is 272 g/mol. The third kappa shape index (κ3) is 2.66. The summed E-state index contributed by atoms with van der Waals surface area (Å²) < 4.78 is 1.57. The minimum Gasteiger partial charge on any atom is -0.394 e. The maximum Gasteiger partial charge on any atom is 0.256 e. The minimum atomic E-state index is -0.185. The summed E-state index contributed by atoms with van der Waals surface area (Å²) >= 11 is 0. The fourth-order valence-electron chi connectivity index (χ4n) is 2.02. The number of benzene rings is 1. The standard InChI is InChI=1S/C15H20N4O/c1-9(2)11-5-7-12(8-6-11)15(20)17-14-13(16)10(3)18-19(14)4/h5-9H,16H2,1-4H3,(H,17,20). The fraction of sp³-hybridized carbons (Fsp3) is 0.333. The quantitative estimate of drug-likeness (QED) is 0.902. The number of amides is 1. The zero-order valence-electron chi connectivity index (χ0n) is 12.3. The molecule has 0 fully saturated rings. The number of carbonyl (C=O) groups excluding carboxylic acids is 1. The maximum absolute atomic E-state index is 12.2. The van der Waals surface area contributed by atoms with Crippen molar-refractivity contribution in [3.63, 3.8) is 0 Å². The molecular formula is C15H20N4O. The van der Waals surface area contributed by atoms with Gasteiger partial charge < -0.3 is 11.1 Å². The third-order valence-corrected chi connectivity index (χ3v) is 3.34. The summed E-state index contributed by atoms with van der Waals surface area (Å²) in [5.74, 6) is 0.790. The smallest absolute Gasteiger partial charge is 0.256 e. The highest BCUT2D eigenvalue weighted by Gasteiger charge is 2.14. The molecule has 0 aliphatic rings. The Kier molecular flexibility index (Phi) is 3.79. The number of rotatable bonds is 3. The van der Waals surface area contributed by atoms with Gasteiger partial charge in [-0.05, 0) is 30.5 Å². The first kappa shape index (κ1) is 14.1. The molecule has 0 saturated carbocycles. The first-order valence-corrected chi connectivity index (χ1v) is 6.60. The van der Waals surface area contributed by atoms with Gasteiger partial charge in [0.1, 0.15) is 0 Å². The summed E-state index contributed by atoms with van der Waals surface area (Å²) in [4.78, 5) is 12.2. The lowest BCUT2D eigenvalue weighted by molar-refractivity contribution is 0.102. The van der Waals surface area contributed by atoms with Gasteiger partial charge in [-0.25, -0.2) is 0 Å². The van der Waals surface area contributed by atoms with Crippen LogP contribution in [-0.4, -0.2) is 15.7 Å². The topological polar surface area (TPSA) is 72.9 Å². The Morgan fingerprint density at radius 1 is 1.30 bits per heavy atom. The van der Waals surface area contributed by atoms with Gasteiger partial charge in [-0.1, -0.05) is 26.0 Å². The van der Waals surface area contributed by atoms with Gasteiger partial charge in [-0.2, -0.15) is 5.10 Å². The second-order valence-corrected chi connectivity index (χ2v) is 5.20. The molecule has 0 spiro atoms. The zero-order chi connectivity index (χ0) is 14.9. The molecule has 0 atom stereocenters. The van der Waals surface area contributed by atoms with E-state index in [0.717, 1.165) is 0 Å². The molecule has 0 saturated heterocycles. The predicted molar refractivity (Wildman–Crippen MR) is 80.8 cm³/mol. The number of nitrogen functional groups attached to an aromatic ring is 1. The van der Waals surface area contributed by atoms with E-state index in [0.29, 0.717) is 28.7 Å². The highest BCUT2D eigenvalue weighted by molar-refractivity contribution is 6.05. The SMILES string of the molecule is Cc1nn(C)c(NC(=O)c2ccc(C(C)C)cc2)c1N. The first-order chi connectivity index (χ1) is 9.40. The highest BCUT2D eigenvalue weighted by Crippen LogP contribution is 2.22. The van der Waals surface area contributed by atoms with Crippen LogP contribution in [0.15, 0.2) is 24.3 Å². The fourth-order valence-corrected chi connectivity index (χ4v) is 2.02. The molecule has 1 amide bonds. The average Bonchev–Trinajstić information content (AvgIpc) is 2.65. The lowest BCUT2D eigenvalue weighted by Gasteiger charge is -2.08. The van der Waals surface area contributed by atoms with Crippen LogP contribution in [-0.2, 0) is 7.05 Å². The number of hydrogen-bond acceptors (Lipinski definition) is 3. The molecule has 0 radical (unpaired) electrons. The molecule has 3 N–H and O–H groups in total. The molecule has 5 nitrogen and oxygen atoms in total. The van der Waals surface area contributed by atoms with Crippen molar-refractivity contribution >= 4 is 17.4 Å². The summed E-state index contributed by atoms with van der Waals surface area (Å²) in [6.45, 7) is 6.05. The van der Waals surface area contributed by atoms with Crippen LogP contribution in [0, 0.1) is 6.92 Å². The minimum absolute atomic E-state index is 0.185. The summed E-state index contributed by atoms with van der Waals surface area (Å²) in [6, 6.07) is 7.59. The summed E-state index contributed by atoms with van der Waals surface area (Å²) in [5, 5.41) is 6.97. The molecule has 2 rings (SSSR count). The van der Waals surface area contributed by atoms with Crippen molar-refractivity contribution in [2.45, 2.75) is 26.7 Å². The van der Waals surface area contributed by atoms with E-state index in [1.807, 2.05) is 31.2 Å². The van der Waals surface area contributed by atoms with E-state index in [4.69, 9.17) is 5.73 Å². The Balaban J connectivity index is 2.20. The lowest BCUT2D eigenvalue weighted by atomic mass is 10.0. The van der Waals surface area contributed by atoms with Crippen LogP contribution in [0.3, 0.4) is 0 Å². The molecule has 20 heavy (non-hydrogen) atoms. The molecule has 0 aliphatic heterocycles. The van der Waals surface area contributed by atoms with Crippen molar-refractivity contribution in [2.75, 3.05) is 11.1 Å². The molecule has 5 heteroatoms. The van der Waals surface area contributed by atoms with Gasteiger partial charge in [0.15, 0.2) is 5.82 Å². The Morgan fingerprint density at radius 3 is 2.35 bits per heavy atom. The summed E-state index contributed by atoms with van der Waals surface area (Å²) in [6.07, 6.45) is 0. The number of hydrogen-bond donors (Lipinski definition) is 2. The molecule has 1 aromatic heterocycles. The summed E-state index contributed by atoms with van der Waals surface area (Å²) in [7, 11) is 1.75. The van der Waals surface area contributed by atoms with E-state index in [9.17, 15) is 4.79 Å². The highest BCUT2D eigenvalue weighted by atomic mass is 16.1. The van der Waals surface area contributed by atoms with Gasteiger partial charge in [-0.15, -0.1) is 0 Å². The van der Waals surface area contributed by atoms with Crippen molar-refractivity contribution < 1.29 is 4.79 Å². The van der Waals surface area contributed by atoms with Crippen LogP contribution in [0.4, 0.5) is 11.5 Å². The van der Waals surface area contributed by atoms with E-state index in [1.54, 1.807) is 11.7 Å². The third-order valence-electron chi connectivity index (χ3n) is 3.34. The molecule has 1 heterocycles. The Morgan fingerprint density at radius 2 is 1.90 bits per heavy atom. The number of nitrogens with one attached hydrogen (secondary N) is 1. The largest absolute Gasteiger partial charge is 0.394 e. The van der Waals surface area contributed by atoms with Crippen LogP contribution in [0.5, 0.6) is 0 Å². The lowest BCUT2D eigenvalue weighted by Crippen LogP contribution is -2.15. The van der Waals surface area contributed by atoms with E-state index < -0.39 is 0 Å². The van der Waals surface area contributed by atoms with Crippen molar-refractivity contribution in [3.05, 3.63) is 41.1 Å². The Labute approximate surface area is 118 Å². The molecule has 2 aromatic rings. The number of aromatic nitrogens is 2.